The Kier molecular flexibility index (Phi) is 5.83. The number of thiophene rings is 1. The highest BCUT2D eigenvalue weighted by atomic mass is 32.1. The highest BCUT2D eigenvalue weighted by Crippen LogP contribution is 2.17. The van der Waals surface area contributed by atoms with Crippen LogP contribution in [0.5, 0.6) is 0 Å². The standard InChI is InChI=1S/C20H19N3O2S2/c1-3-9-22(13-15-6-5-11-27-15)18(24)14-7-8-16-17(12-14)21-20(26)23(10-4-2)19(16)25/h3-8,11-12H,1-2,9-10,13H2,(H,21,26). The maximum Gasteiger partial charge on any atom is 0.262 e. The molecule has 1 amide bonds. The molecule has 2 heterocycles. The zero-order valence-corrected chi connectivity index (χ0v) is 16.3. The van der Waals surface area contributed by atoms with E-state index >= 15 is 0 Å². The van der Waals surface area contributed by atoms with Gasteiger partial charge in [0.15, 0.2) is 4.77 Å². The van der Waals surface area contributed by atoms with Crippen molar-refractivity contribution in [2.24, 2.45) is 0 Å². The molecule has 0 saturated carbocycles. The van der Waals surface area contributed by atoms with E-state index in [0.717, 1.165) is 4.88 Å². The molecule has 2 aromatic heterocycles. The summed E-state index contributed by atoms with van der Waals surface area (Å²) >= 11 is 6.87. The number of H-pyrrole nitrogens is 1. The van der Waals surface area contributed by atoms with Gasteiger partial charge in [-0.1, -0.05) is 18.2 Å². The van der Waals surface area contributed by atoms with Crippen LogP contribution in [0.15, 0.2) is 65.8 Å². The first kappa shape index (κ1) is 19.0. The molecule has 1 aromatic carbocycles. The number of aromatic amines is 1. The summed E-state index contributed by atoms with van der Waals surface area (Å²) < 4.78 is 1.74. The topological polar surface area (TPSA) is 58.1 Å². The molecule has 0 aliphatic carbocycles. The average Bonchev–Trinajstić information content (AvgIpc) is 3.17. The van der Waals surface area contributed by atoms with Crippen molar-refractivity contribution in [3.63, 3.8) is 0 Å². The maximum atomic E-state index is 13.0. The van der Waals surface area contributed by atoms with Gasteiger partial charge >= 0.3 is 0 Å². The number of aromatic nitrogens is 2. The Hall–Kier alpha value is -2.77. The Labute approximate surface area is 165 Å². The third-order valence-corrected chi connectivity index (χ3v) is 5.29. The van der Waals surface area contributed by atoms with Crippen molar-refractivity contribution in [2.45, 2.75) is 13.1 Å². The maximum absolute atomic E-state index is 13.0. The van der Waals surface area contributed by atoms with E-state index < -0.39 is 0 Å². The summed E-state index contributed by atoms with van der Waals surface area (Å²) in [6.45, 7) is 8.67. The number of nitrogens with zero attached hydrogens (tertiary/aromatic N) is 2. The first-order valence-corrected chi connectivity index (χ1v) is 9.64. The summed E-state index contributed by atoms with van der Waals surface area (Å²) in [6.07, 6.45) is 3.32. The van der Waals surface area contributed by atoms with E-state index in [2.05, 4.69) is 18.1 Å². The third kappa shape index (κ3) is 3.99. The fourth-order valence-corrected chi connectivity index (χ4v) is 3.82. The summed E-state index contributed by atoms with van der Waals surface area (Å²) in [5.41, 5.74) is 0.840. The van der Waals surface area contributed by atoms with Crippen LogP contribution in [0.1, 0.15) is 15.2 Å². The lowest BCUT2D eigenvalue weighted by Gasteiger charge is -2.20. The number of amides is 1. The summed E-state index contributed by atoms with van der Waals surface area (Å²) in [7, 11) is 0. The SMILES string of the molecule is C=CCN(Cc1cccs1)C(=O)c1ccc2c(=O)n(CC=C)c(=S)[nH]c2c1. The second-order valence-electron chi connectivity index (χ2n) is 5.95. The third-order valence-electron chi connectivity index (χ3n) is 4.10. The van der Waals surface area contributed by atoms with Gasteiger partial charge in [0.1, 0.15) is 0 Å². The summed E-state index contributed by atoms with van der Waals surface area (Å²) in [6, 6.07) is 8.96. The van der Waals surface area contributed by atoms with Crippen LogP contribution in [0.4, 0.5) is 0 Å². The average molecular weight is 398 g/mol. The van der Waals surface area contributed by atoms with Crippen LogP contribution >= 0.6 is 23.6 Å². The molecule has 138 valence electrons. The van der Waals surface area contributed by atoms with E-state index in [1.165, 1.54) is 4.57 Å². The number of rotatable bonds is 7. The van der Waals surface area contributed by atoms with Gasteiger partial charge < -0.3 is 9.88 Å². The zero-order chi connectivity index (χ0) is 19.4. The number of benzene rings is 1. The largest absolute Gasteiger partial charge is 0.332 e. The minimum absolute atomic E-state index is 0.125. The first-order chi connectivity index (χ1) is 13.0. The molecular weight excluding hydrogens is 378 g/mol. The lowest BCUT2D eigenvalue weighted by atomic mass is 10.1. The second-order valence-corrected chi connectivity index (χ2v) is 7.37. The monoisotopic (exact) mass is 397 g/mol. The lowest BCUT2D eigenvalue weighted by molar-refractivity contribution is 0.0764. The molecule has 3 rings (SSSR count). The van der Waals surface area contributed by atoms with Crippen molar-refractivity contribution in [1.29, 1.82) is 0 Å². The Morgan fingerprint density at radius 1 is 1.30 bits per heavy atom. The van der Waals surface area contributed by atoms with Gasteiger partial charge in [-0.2, -0.15) is 0 Å². The highest BCUT2D eigenvalue weighted by Gasteiger charge is 2.17. The Balaban J connectivity index is 2.00. The van der Waals surface area contributed by atoms with Crippen molar-refractivity contribution >= 4 is 40.4 Å². The minimum Gasteiger partial charge on any atom is -0.332 e. The van der Waals surface area contributed by atoms with E-state index in [-0.39, 0.29) is 11.5 Å². The Morgan fingerprint density at radius 2 is 2.11 bits per heavy atom. The molecule has 0 bridgehead atoms. The Morgan fingerprint density at radius 3 is 2.78 bits per heavy atom. The molecular formula is C20H19N3O2S2. The number of carbonyl (C=O) groups is 1. The van der Waals surface area contributed by atoms with E-state index in [4.69, 9.17) is 12.2 Å². The van der Waals surface area contributed by atoms with Crippen LogP contribution in [-0.4, -0.2) is 26.9 Å². The zero-order valence-electron chi connectivity index (χ0n) is 14.7. The lowest BCUT2D eigenvalue weighted by Crippen LogP contribution is -2.30. The molecule has 0 saturated heterocycles. The van der Waals surface area contributed by atoms with Crippen LogP contribution in [-0.2, 0) is 13.1 Å². The van der Waals surface area contributed by atoms with Gasteiger partial charge in [0.2, 0.25) is 0 Å². The van der Waals surface area contributed by atoms with Crippen molar-refractivity contribution < 1.29 is 4.79 Å². The van der Waals surface area contributed by atoms with Crippen molar-refractivity contribution in [3.05, 3.63) is 86.6 Å². The summed E-state index contributed by atoms with van der Waals surface area (Å²) in [5.74, 6) is -0.125. The molecule has 0 radical (unpaired) electrons. The predicted octanol–water partition coefficient (Wildman–Crippen LogP) is 4.13. The molecule has 0 aliphatic rings. The quantitative estimate of drug-likeness (QED) is 0.482. The van der Waals surface area contributed by atoms with Gasteiger partial charge in [-0.25, -0.2) is 0 Å². The normalized spacial score (nSPS) is 10.7. The van der Waals surface area contributed by atoms with E-state index in [1.807, 2.05) is 17.5 Å². The van der Waals surface area contributed by atoms with Gasteiger partial charge in [-0.15, -0.1) is 24.5 Å². The number of fused-ring (bicyclic) bond motifs is 1. The molecule has 0 aliphatic heterocycles. The second kappa shape index (κ2) is 8.28. The van der Waals surface area contributed by atoms with Crippen LogP contribution < -0.4 is 5.56 Å². The van der Waals surface area contributed by atoms with Gasteiger partial charge in [-0.3, -0.25) is 14.2 Å². The van der Waals surface area contributed by atoms with Crippen molar-refractivity contribution in [1.82, 2.24) is 14.5 Å². The minimum atomic E-state index is -0.200. The highest BCUT2D eigenvalue weighted by molar-refractivity contribution is 7.71. The van der Waals surface area contributed by atoms with E-state index in [1.54, 1.807) is 46.6 Å². The molecule has 1 N–H and O–H groups in total. The number of hydrogen-bond acceptors (Lipinski definition) is 4. The molecule has 0 unspecified atom stereocenters. The van der Waals surface area contributed by atoms with Crippen LogP contribution in [0.3, 0.4) is 0 Å². The Bertz CT molecular complexity index is 1110. The smallest absolute Gasteiger partial charge is 0.262 e. The van der Waals surface area contributed by atoms with Gasteiger partial charge in [0.25, 0.3) is 11.5 Å². The van der Waals surface area contributed by atoms with E-state index in [9.17, 15) is 9.59 Å². The van der Waals surface area contributed by atoms with Crippen molar-refractivity contribution in [2.75, 3.05) is 6.54 Å². The van der Waals surface area contributed by atoms with Crippen LogP contribution in [0, 0.1) is 4.77 Å². The number of hydrogen-bond donors (Lipinski definition) is 1. The number of nitrogens with one attached hydrogen (secondary N) is 1. The first-order valence-electron chi connectivity index (χ1n) is 8.35. The molecule has 0 fully saturated rings. The molecule has 3 aromatic rings. The molecule has 0 spiro atoms. The number of allylic oxidation sites excluding steroid dienone is 1. The van der Waals surface area contributed by atoms with Gasteiger partial charge in [0, 0.05) is 23.5 Å². The van der Waals surface area contributed by atoms with Crippen LogP contribution in [0.25, 0.3) is 10.9 Å². The fourth-order valence-electron chi connectivity index (χ4n) is 2.83. The van der Waals surface area contributed by atoms with Gasteiger partial charge in [-0.05, 0) is 41.9 Å². The predicted molar refractivity (Wildman–Crippen MR) is 113 cm³/mol. The number of carbonyl (C=O) groups excluding carboxylic acids is 1. The molecule has 0 atom stereocenters. The summed E-state index contributed by atoms with van der Waals surface area (Å²) in [5, 5.41) is 2.46. The molecule has 27 heavy (non-hydrogen) atoms. The molecule has 5 nitrogen and oxygen atoms in total. The van der Waals surface area contributed by atoms with Gasteiger partial charge in [0.05, 0.1) is 17.4 Å². The van der Waals surface area contributed by atoms with Crippen LogP contribution in [0.2, 0.25) is 0 Å². The molecule has 7 heteroatoms. The fraction of sp³-hybridized carbons (Fsp3) is 0.150. The summed E-state index contributed by atoms with van der Waals surface area (Å²) in [4.78, 5) is 31.4. The van der Waals surface area contributed by atoms with E-state index in [0.29, 0.717) is 40.9 Å². The van der Waals surface area contributed by atoms with Crippen molar-refractivity contribution in [3.8, 4) is 0 Å².